The van der Waals surface area contributed by atoms with Crippen LogP contribution in [0.2, 0.25) is 0 Å². The maximum absolute atomic E-state index is 8.70. The van der Waals surface area contributed by atoms with Gasteiger partial charge in [0.2, 0.25) is 4.91 Å². The van der Waals surface area contributed by atoms with Gasteiger partial charge in [-0.05, 0) is 11.1 Å². The van der Waals surface area contributed by atoms with Crippen LogP contribution in [0.25, 0.3) is 11.1 Å². The van der Waals surface area contributed by atoms with Gasteiger partial charge in [-0.15, -0.1) is 9.79 Å². The molecular weight excluding hydrogens is 265 g/mol. The van der Waals surface area contributed by atoms with Gasteiger partial charge in [-0.3, -0.25) is 0 Å². The summed E-state index contributed by atoms with van der Waals surface area (Å²) in [6.45, 7) is 0. The minimum absolute atomic E-state index is 1.28. The summed E-state index contributed by atoms with van der Waals surface area (Å²) < 4.78 is 8.70. The second-order valence-corrected chi connectivity index (χ2v) is 3.60. The smallest absolute Gasteiger partial charge is 0.134 e. The van der Waals surface area contributed by atoms with Gasteiger partial charge in [0.05, 0.1) is 0 Å². The maximum Gasteiger partial charge on any atom is 0.692 e. The Hall–Kier alpha value is -2.23. The predicted molar refractivity (Wildman–Crippen MR) is 71.5 cm³/mol. The fourth-order valence-electron chi connectivity index (χ4n) is 1.26. The van der Waals surface area contributed by atoms with Crippen LogP contribution in [0, 0.1) is 11.1 Å². The zero-order valence-electron chi connectivity index (χ0n) is 9.97. The molecule has 0 heterocycles. The van der Waals surface area contributed by atoms with Crippen LogP contribution in [0.15, 0.2) is 60.7 Å². The third-order valence-electron chi connectivity index (χ3n) is 1.88. The molecule has 0 aliphatic rings. The minimum Gasteiger partial charge on any atom is -0.134 e. The summed E-state index contributed by atoms with van der Waals surface area (Å²) in [7, 11) is -2.87. The molecule has 0 amide bonds. The van der Waals surface area contributed by atoms with Crippen LogP contribution in [0.5, 0.6) is 0 Å². The van der Waals surface area contributed by atoms with Crippen molar-refractivity contribution < 1.29 is 14.4 Å². The molecule has 2 aromatic rings. The highest BCUT2D eigenvalue weighted by atomic mass is 31.1. The molecule has 0 aliphatic carbocycles. The van der Waals surface area contributed by atoms with Crippen LogP contribution >= 0.6 is 8.25 Å². The van der Waals surface area contributed by atoms with Crippen molar-refractivity contribution in [3.05, 3.63) is 60.7 Å². The van der Waals surface area contributed by atoms with Crippen molar-refractivity contribution in [2.75, 3.05) is 0 Å². The lowest BCUT2D eigenvalue weighted by Crippen LogP contribution is -1.73. The topological polar surface area (TPSA) is 119 Å². The first-order valence-corrected chi connectivity index (χ1v) is 6.27. The largest absolute Gasteiger partial charge is 0.692 e. The summed E-state index contributed by atoms with van der Waals surface area (Å²) in [5, 5.41) is 0. The van der Waals surface area contributed by atoms with Crippen LogP contribution in [0.4, 0.5) is 0 Å². The van der Waals surface area contributed by atoms with Gasteiger partial charge in [0.1, 0.15) is 11.1 Å². The number of nitrogens with zero attached hydrogens (tertiary/aromatic N) is 1. The van der Waals surface area contributed by atoms with Crippen LogP contribution in [0.1, 0.15) is 0 Å². The molecule has 0 saturated heterocycles. The van der Waals surface area contributed by atoms with E-state index in [2.05, 4.69) is 48.5 Å². The van der Waals surface area contributed by atoms with E-state index in [0.717, 1.165) is 0 Å². The van der Waals surface area contributed by atoms with Gasteiger partial charge < -0.3 is 0 Å². The number of hydrogen-bond acceptors (Lipinski definition) is 3. The molecule has 98 valence electrons. The van der Waals surface area contributed by atoms with E-state index in [4.69, 9.17) is 25.4 Å². The standard InChI is InChI=1S/C12H10.H2N3.HO3P/c1-3-7-11(8-4-1)12-9-5-2-6-10-12;1-3-2;1-4(2)3/h1-10H;1-2H;(H-,1,2,3)/q;+1;/p+1. The number of hydrogen-bond donors (Lipinski definition) is 4. The zero-order chi connectivity index (χ0) is 14.5. The van der Waals surface area contributed by atoms with Gasteiger partial charge in [0, 0.05) is 4.57 Å². The molecule has 0 fully saturated rings. The van der Waals surface area contributed by atoms with E-state index < -0.39 is 8.25 Å². The summed E-state index contributed by atoms with van der Waals surface area (Å²) in [6, 6.07) is 20.8. The highest BCUT2D eigenvalue weighted by Crippen LogP contribution is 2.17. The second-order valence-electron chi connectivity index (χ2n) is 3.10. The van der Waals surface area contributed by atoms with E-state index in [1.54, 1.807) is 0 Å². The van der Waals surface area contributed by atoms with Crippen LogP contribution < -0.4 is 4.91 Å². The maximum atomic E-state index is 8.70. The Morgan fingerprint density at radius 2 is 1.00 bits per heavy atom. The SMILES string of the molecule is N=[N+]=N.O=[P+](O)O.c1ccc(-c2ccccc2)cc1. The Labute approximate surface area is 111 Å². The molecule has 0 atom stereocenters. The molecule has 2 rings (SSSR count). The zero-order valence-corrected chi connectivity index (χ0v) is 10.9. The Balaban J connectivity index is 0.000000393. The highest BCUT2D eigenvalue weighted by molar-refractivity contribution is 7.30. The van der Waals surface area contributed by atoms with Crippen LogP contribution in [0.3, 0.4) is 0 Å². The van der Waals surface area contributed by atoms with E-state index in [1.165, 1.54) is 11.1 Å². The van der Waals surface area contributed by atoms with Crippen molar-refractivity contribution in [3.8, 4) is 11.1 Å². The molecule has 19 heavy (non-hydrogen) atoms. The summed E-state index contributed by atoms with van der Waals surface area (Å²) in [4.78, 5) is 16.2. The summed E-state index contributed by atoms with van der Waals surface area (Å²) in [6.07, 6.45) is 0. The molecule has 0 radical (unpaired) electrons. The van der Waals surface area contributed by atoms with Crippen molar-refractivity contribution in [3.63, 3.8) is 0 Å². The van der Waals surface area contributed by atoms with Gasteiger partial charge in [-0.25, -0.2) is 0 Å². The van der Waals surface area contributed by atoms with E-state index in [0.29, 0.717) is 0 Å². The number of nitrogens with one attached hydrogen (secondary N) is 2. The first-order chi connectivity index (χ1) is 9.11. The number of rotatable bonds is 1. The molecule has 0 spiro atoms. The minimum atomic E-state index is -2.87. The molecule has 0 aromatic heterocycles. The molecule has 0 aliphatic heterocycles. The molecule has 7 heteroatoms. The highest BCUT2D eigenvalue weighted by Gasteiger charge is 1.93. The monoisotopic (exact) mass is 279 g/mol. The molecule has 4 N–H and O–H groups in total. The van der Waals surface area contributed by atoms with Gasteiger partial charge in [-0.2, -0.15) is 0 Å². The van der Waals surface area contributed by atoms with Crippen molar-refractivity contribution >= 4 is 8.25 Å². The van der Waals surface area contributed by atoms with E-state index >= 15 is 0 Å². The van der Waals surface area contributed by atoms with Gasteiger partial charge in [0.25, 0.3) is 0 Å². The average Bonchev–Trinajstić information content (AvgIpc) is 2.41. The summed E-state index contributed by atoms with van der Waals surface area (Å²) in [5.74, 6) is 0. The lowest BCUT2D eigenvalue weighted by molar-refractivity contribution is 0.405. The third-order valence-corrected chi connectivity index (χ3v) is 1.88. The summed E-state index contributed by atoms with van der Waals surface area (Å²) >= 11 is 0. The summed E-state index contributed by atoms with van der Waals surface area (Å²) in [5.41, 5.74) is 13.6. The van der Waals surface area contributed by atoms with Gasteiger partial charge in [0.15, 0.2) is 0 Å². The Bertz CT molecular complexity index is 473. The fourth-order valence-corrected chi connectivity index (χ4v) is 1.26. The van der Waals surface area contributed by atoms with Crippen LogP contribution in [-0.4, -0.2) is 9.79 Å². The Morgan fingerprint density at radius 1 is 0.789 bits per heavy atom. The van der Waals surface area contributed by atoms with E-state index in [1.807, 2.05) is 17.0 Å². The Morgan fingerprint density at radius 3 is 1.21 bits per heavy atom. The molecular formula is C12H14N3O3P+2. The first-order valence-electron chi connectivity index (χ1n) is 5.10. The molecule has 6 nitrogen and oxygen atoms in total. The fraction of sp³-hybridized carbons (Fsp3) is 0. The predicted octanol–water partition coefficient (Wildman–Crippen LogP) is 3.10. The van der Waals surface area contributed by atoms with Crippen molar-refractivity contribution in [1.29, 1.82) is 11.1 Å². The van der Waals surface area contributed by atoms with Crippen LogP contribution in [-0.2, 0) is 4.57 Å². The van der Waals surface area contributed by atoms with E-state index in [-0.39, 0.29) is 0 Å². The van der Waals surface area contributed by atoms with Gasteiger partial charge in [-0.1, -0.05) is 60.7 Å². The number of benzene rings is 2. The molecule has 0 unspecified atom stereocenters. The molecule has 2 aromatic carbocycles. The second kappa shape index (κ2) is 10.9. The quantitative estimate of drug-likeness (QED) is 0.364. The third kappa shape index (κ3) is 9.47. The normalized spacial score (nSPS) is 7.89. The first kappa shape index (κ1) is 16.8. The van der Waals surface area contributed by atoms with Crippen molar-refractivity contribution in [1.82, 2.24) is 4.91 Å². The lowest BCUT2D eigenvalue weighted by Gasteiger charge is -1.98. The lowest BCUT2D eigenvalue weighted by atomic mass is 10.1. The molecule has 0 bridgehead atoms. The Kier molecular flexibility index (Phi) is 9.62. The van der Waals surface area contributed by atoms with Gasteiger partial charge >= 0.3 is 8.25 Å². The average molecular weight is 279 g/mol. The molecule has 0 saturated carbocycles. The van der Waals surface area contributed by atoms with E-state index in [9.17, 15) is 0 Å². The van der Waals surface area contributed by atoms with Crippen molar-refractivity contribution in [2.24, 2.45) is 0 Å². The van der Waals surface area contributed by atoms with Crippen molar-refractivity contribution in [2.45, 2.75) is 0 Å².